The number of benzene rings is 1. The number of carbonyl (C=O) groups is 2. The maximum absolute atomic E-state index is 13.1. The van der Waals surface area contributed by atoms with Crippen LogP contribution in [0.25, 0.3) is 0 Å². The quantitative estimate of drug-likeness (QED) is 0.931. The van der Waals surface area contributed by atoms with Crippen LogP contribution < -0.4 is 0 Å². The van der Waals surface area contributed by atoms with E-state index in [1.807, 2.05) is 0 Å². The fourth-order valence-corrected chi connectivity index (χ4v) is 3.25. The number of rotatable bonds is 3. The van der Waals surface area contributed by atoms with Crippen LogP contribution in [-0.2, 0) is 11.8 Å². The molecule has 126 valence electrons. The van der Waals surface area contributed by atoms with E-state index in [1.165, 1.54) is 17.0 Å². The molecule has 0 bridgehead atoms. The van der Waals surface area contributed by atoms with E-state index in [4.69, 9.17) is 0 Å². The van der Waals surface area contributed by atoms with E-state index in [2.05, 4.69) is 5.10 Å². The van der Waals surface area contributed by atoms with Crippen LogP contribution in [0.1, 0.15) is 27.5 Å². The second kappa shape index (κ2) is 6.07. The highest BCUT2D eigenvalue weighted by Crippen LogP contribution is 2.34. The van der Waals surface area contributed by atoms with Crippen molar-refractivity contribution in [3.63, 3.8) is 0 Å². The van der Waals surface area contributed by atoms with Gasteiger partial charge in [-0.1, -0.05) is 12.1 Å². The number of carboxylic acids is 1. The largest absolute Gasteiger partial charge is 0.481 e. The van der Waals surface area contributed by atoms with Crippen LogP contribution in [0.4, 0.5) is 4.39 Å². The lowest BCUT2D eigenvalue weighted by Crippen LogP contribution is -2.30. The van der Waals surface area contributed by atoms with Crippen molar-refractivity contribution in [3.8, 4) is 0 Å². The van der Waals surface area contributed by atoms with Crippen molar-refractivity contribution < 1.29 is 19.1 Å². The number of aryl methyl sites for hydroxylation is 2. The number of hydrogen-bond donors (Lipinski definition) is 1. The number of carbonyl (C=O) groups excluding carboxylic acids is 1. The molecule has 0 aliphatic carbocycles. The molecule has 3 rings (SSSR count). The predicted molar refractivity (Wildman–Crippen MR) is 84.1 cm³/mol. The summed E-state index contributed by atoms with van der Waals surface area (Å²) in [4.78, 5) is 25.8. The number of carboxylic acid groups (broad SMARTS) is 1. The maximum Gasteiger partial charge on any atom is 0.308 e. The highest BCUT2D eigenvalue weighted by molar-refractivity contribution is 5.95. The van der Waals surface area contributed by atoms with Crippen molar-refractivity contribution in [3.05, 3.63) is 53.1 Å². The number of hydrogen-bond acceptors (Lipinski definition) is 3. The van der Waals surface area contributed by atoms with E-state index < -0.39 is 11.9 Å². The zero-order chi connectivity index (χ0) is 17.4. The van der Waals surface area contributed by atoms with Crippen molar-refractivity contribution >= 4 is 11.9 Å². The van der Waals surface area contributed by atoms with Crippen LogP contribution >= 0.6 is 0 Å². The van der Waals surface area contributed by atoms with Crippen LogP contribution in [0.2, 0.25) is 0 Å². The lowest BCUT2D eigenvalue weighted by atomic mass is 9.89. The van der Waals surface area contributed by atoms with Crippen LogP contribution in [0.5, 0.6) is 0 Å². The topological polar surface area (TPSA) is 75.4 Å². The molecule has 6 nitrogen and oxygen atoms in total. The molecule has 1 aromatic heterocycles. The highest BCUT2D eigenvalue weighted by Gasteiger charge is 2.41. The molecule has 0 saturated carbocycles. The first-order chi connectivity index (χ1) is 11.4. The number of halogens is 1. The molecule has 0 spiro atoms. The molecule has 1 aromatic carbocycles. The third-order valence-corrected chi connectivity index (χ3v) is 4.47. The number of aromatic nitrogens is 2. The summed E-state index contributed by atoms with van der Waals surface area (Å²) in [6.45, 7) is 2.16. The average Bonchev–Trinajstić information content (AvgIpc) is 3.11. The van der Waals surface area contributed by atoms with Gasteiger partial charge in [0, 0.05) is 32.3 Å². The summed E-state index contributed by atoms with van der Waals surface area (Å²) >= 11 is 0. The summed E-state index contributed by atoms with van der Waals surface area (Å²) in [7, 11) is 1.73. The highest BCUT2D eigenvalue weighted by atomic mass is 19.1. The summed E-state index contributed by atoms with van der Waals surface area (Å²) < 4.78 is 14.7. The molecule has 2 aromatic rings. The van der Waals surface area contributed by atoms with Crippen molar-refractivity contribution in [2.45, 2.75) is 12.8 Å². The normalized spacial score (nSPS) is 20.4. The molecule has 2 atom stereocenters. The van der Waals surface area contributed by atoms with E-state index in [0.29, 0.717) is 11.3 Å². The van der Waals surface area contributed by atoms with Gasteiger partial charge in [0.25, 0.3) is 5.91 Å². The van der Waals surface area contributed by atoms with Crippen molar-refractivity contribution in [2.75, 3.05) is 13.1 Å². The van der Waals surface area contributed by atoms with E-state index >= 15 is 0 Å². The van der Waals surface area contributed by atoms with Gasteiger partial charge in [0.15, 0.2) is 0 Å². The molecule has 7 heteroatoms. The van der Waals surface area contributed by atoms with Gasteiger partial charge in [0.2, 0.25) is 0 Å². The zero-order valence-corrected chi connectivity index (χ0v) is 13.4. The monoisotopic (exact) mass is 331 g/mol. The minimum absolute atomic E-state index is 0.130. The van der Waals surface area contributed by atoms with Crippen molar-refractivity contribution in [2.24, 2.45) is 13.0 Å². The second-order valence-electron chi connectivity index (χ2n) is 6.11. The lowest BCUT2D eigenvalue weighted by Gasteiger charge is -2.16. The van der Waals surface area contributed by atoms with Gasteiger partial charge in [-0.25, -0.2) is 4.39 Å². The van der Waals surface area contributed by atoms with Gasteiger partial charge < -0.3 is 10.0 Å². The Labute approximate surface area is 138 Å². The fourth-order valence-electron chi connectivity index (χ4n) is 3.25. The molecular weight excluding hydrogens is 313 g/mol. The minimum Gasteiger partial charge on any atom is -0.481 e. The third-order valence-electron chi connectivity index (χ3n) is 4.47. The first-order valence-electron chi connectivity index (χ1n) is 7.64. The van der Waals surface area contributed by atoms with Gasteiger partial charge >= 0.3 is 5.97 Å². The van der Waals surface area contributed by atoms with Gasteiger partial charge in [-0.05, 0) is 24.6 Å². The Morgan fingerprint density at radius 2 is 1.92 bits per heavy atom. The average molecular weight is 331 g/mol. The Morgan fingerprint density at radius 1 is 1.25 bits per heavy atom. The predicted octanol–water partition coefficient (Wildman–Crippen LogP) is 1.81. The zero-order valence-electron chi connectivity index (χ0n) is 13.4. The second-order valence-corrected chi connectivity index (χ2v) is 6.11. The molecule has 1 saturated heterocycles. The Bertz CT molecular complexity index is 785. The van der Waals surface area contributed by atoms with Gasteiger partial charge in [0.05, 0.1) is 17.2 Å². The Hall–Kier alpha value is -2.70. The van der Waals surface area contributed by atoms with E-state index in [0.717, 1.165) is 5.56 Å². The molecule has 2 heterocycles. The van der Waals surface area contributed by atoms with Gasteiger partial charge in [-0.15, -0.1) is 0 Å². The van der Waals surface area contributed by atoms with E-state index in [9.17, 15) is 19.1 Å². The number of likely N-dealkylation sites (tertiary alicyclic amines) is 1. The minimum atomic E-state index is -0.956. The third kappa shape index (κ3) is 2.89. The van der Waals surface area contributed by atoms with Gasteiger partial charge in [0.1, 0.15) is 5.82 Å². The van der Waals surface area contributed by atoms with Gasteiger partial charge in [-0.3, -0.25) is 14.3 Å². The summed E-state index contributed by atoms with van der Waals surface area (Å²) in [6, 6.07) is 5.78. The summed E-state index contributed by atoms with van der Waals surface area (Å²) in [6.07, 6.45) is 1.64. The Morgan fingerprint density at radius 3 is 2.46 bits per heavy atom. The maximum atomic E-state index is 13.1. The molecule has 0 radical (unpaired) electrons. The first kappa shape index (κ1) is 16.2. The molecular formula is C17H18FN3O3. The Balaban J connectivity index is 1.87. The summed E-state index contributed by atoms with van der Waals surface area (Å²) in [5.74, 6) is -2.62. The van der Waals surface area contributed by atoms with Crippen LogP contribution in [-0.4, -0.2) is 44.8 Å². The number of nitrogens with zero attached hydrogens (tertiary/aromatic N) is 3. The Kier molecular flexibility index (Phi) is 4.09. The molecule has 1 amide bonds. The smallest absolute Gasteiger partial charge is 0.308 e. The molecule has 1 N–H and O–H groups in total. The summed E-state index contributed by atoms with van der Waals surface area (Å²) in [5, 5.41) is 13.7. The number of amides is 1. The van der Waals surface area contributed by atoms with Crippen LogP contribution in [0.3, 0.4) is 0 Å². The molecule has 0 unspecified atom stereocenters. The van der Waals surface area contributed by atoms with E-state index in [1.54, 1.807) is 37.0 Å². The summed E-state index contributed by atoms with van der Waals surface area (Å²) in [5.41, 5.74) is 1.81. The number of aliphatic carboxylic acids is 1. The molecule has 1 fully saturated rings. The van der Waals surface area contributed by atoms with Crippen molar-refractivity contribution in [1.29, 1.82) is 0 Å². The lowest BCUT2D eigenvalue weighted by molar-refractivity contribution is -0.141. The standard InChI is InChI=1S/C17H18FN3O3/c1-10-13(7-20(2)19-10)16(22)21-8-14(15(9-21)17(23)24)11-3-5-12(18)6-4-11/h3-7,14-15H,8-9H2,1-2H3,(H,23,24)/t14-,15+/m1/s1. The van der Waals surface area contributed by atoms with Crippen molar-refractivity contribution in [1.82, 2.24) is 14.7 Å². The molecule has 1 aliphatic rings. The fraction of sp³-hybridized carbons (Fsp3) is 0.353. The van der Waals surface area contributed by atoms with E-state index in [-0.39, 0.29) is 30.7 Å². The SMILES string of the molecule is Cc1nn(C)cc1C(=O)N1C[C@H](C(=O)O)[C@@H](c2ccc(F)cc2)C1. The first-order valence-corrected chi connectivity index (χ1v) is 7.64. The van der Waals surface area contributed by atoms with Crippen LogP contribution in [0, 0.1) is 18.7 Å². The molecule has 24 heavy (non-hydrogen) atoms. The molecule has 1 aliphatic heterocycles. The van der Waals surface area contributed by atoms with Crippen LogP contribution in [0.15, 0.2) is 30.5 Å². The van der Waals surface area contributed by atoms with Gasteiger partial charge in [-0.2, -0.15) is 5.10 Å².